The van der Waals surface area contributed by atoms with Gasteiger partial charge < -0.3 is 11.1 Å². The molecule has 0 aromatic heterocycles. The molecule has 1 amide bonds. The molecule has 3 atom stereocenters. The van der Waals surface area contributed by atoms with E-state index in [1.807, 2.05) is 18.7 Å². The van der Waals surface area contributed by atoms with Gasteiger partial charge in [-0.25, -0.2) is 0 Å². The third-order valence-corrected chi connectivity index (χ3v) is 5.24. The Labute approximate surface area is 103 Å². The summed E-state index contributed by atoms with van der Waals surface area (Å²) in [6.07, 6.45) is 5.25. The molecular weight excluding hydrogens is 220 g/mol. The first-order valence-corrected chi connectivity index (χ1v) is 7.13. The summed E-state index contributed by atoms with van der Waals surface area (Å²) < 4.78 is 0. The zero-order chi connectivity index (χ0) is 12.2. The number of amides is 1. The van der Waals surface area contributed by atoms with E-state index in [4.69, 9.17) is 5.73 Å². The standard InChI is InChI=1S/C12H24N2OS/c1-9-5-4-6-10(7-9)16-8-12(2,14-3)11(13)15/h9-10,14H,4-8H2,1-3H3,(H2,13,15). The van der Waals surface area contributed by atoms with Crippen LogP contribution in [0, 0.1) is 5.92 Å². The van der Waals surface area contributed by atoms with Gasteiger partial charge in [0.2, 0.25) is 5.91 Å². The van der Waals surface area contributed by atoms with Crippen molar-refractivity contribution in [2.45, 2.75) is 50.3 Å². The summed E-state index contributed by atoms with van der Waals surface area (Å²) in [5, 5.41) is 3.74. The average Bonchev–Trinajstić information content (AvgIpc) is 2.26. The molecule has 1 aliphatic carbocycles. The number of nitrogens with two attached hydrogens (primary N) is 1. The van der Waals surface area contributed by atoms with Crippen LogP contribution in [0.3, 0.4) is 0 Å². The van der Waals surface area contributed by atoms with Crippen molar-refractivity contribution in [2.75, 3.05) is 12.8 Å². The smallest absolute Gasteiger partial charge is 0.238 e. The third kappa shape index (κ3) is 3.67. The van der Waals surface area contributed by atoms with Gasteiger partial charge in [0.05, 0.1) is 0 Å². The minimum atomic E-state index is -0.564. The lowest BCUT2D eigenvalue weighted by Crippen LogP contribution is -2.53. The lowest BCUT2D eigenvalue weighted by molar-refractivity contribution is -0.122. The highest BCUT2D eigenvalue weighted by atomic mass is 32.2. The Kier molecular flexibility index (Phi) is 5.12. The van der Waals surface area contributed by atoms with E-state index in [1.54, 1.807) is 7.05 Å². The Morgan fingerprint density at radius 3 is 2.75 bits per heavy atom. The maximum Gasteiger partial charge on any atom is 0.238 e. The van der Waals surface area contributed by atoms with Crippen molar-refractivity contribution in [3.63, 3.8) is 0 Å². The zero-order valence-corrected chi connectivity index (χ0v) is 11.4. The normalized spacial score (nSPS) is 29.7. The van der Waals surface area contributed by atoms with Crippen molar-refractivity contribution in [3.05, 3.63) is 0 Å². The first-order chi connectivity index (χ1) is 7.48. The van der Waals surface area contributed by atoms with E-state index in [0.717, 1.165) is 11.7 Å². The van der Waals surface area contributed by atoms with Crippen LogP contribution in [0.4, 0.5) is 0 Å². The number of carbonyl (C=O) groups excluding carboxylic acids is 1. The molecule has 0 aromatic rings. The molecule has 0 saturated heterocycles. The molecule has 1 aliphatic rings. The summed E-state index contributed by atoms with van der Waals surface area (Å²) >= 11 is 1.90. The predicted molar refractivity (Wildman–Crippen MR) is 70.5 cm³/mol. The quantitative estimate of drug-likeness (QED) is 0.775. The van der Waals surface area contributed by atoms with Crippen molar-refractivity contribution in [1.82, 2.24) is 5.32 Å². The molecule has 3 N–H and O–H groups in total. The van der Waals surface area contributed by atoms with Gasteiger partial charge in [0.15, 0.2) is 0 Å². The van der Waals surface area contributed by atoms with Crippen molar-refractivity contribution in [2.24, 2.45) is 11.7 Å². The lowest BCUT2D eigenvalue weighted by Gasteiger charge is -2.30. The Morgan fingerprint density at radius 1 is 1.56 bits per heavy atom. The lowest BCUT2D eigenvalue weighted by atomic mass is 9.91. The second-order valence-corrected chi connectivity index (χ2v) is 6.44. The molecule has 1 saturated carbocycles. The van der Waals surface area contributed by atoms with Crippen molar-refractivity contribution < 1.29 is 4.79 Å². The highest BCUT2D eigenvalue weighted by Crippen LogP contribution is 2.33. The largest absolute Gasteiger partial charge is 0.368 e. The molecule has 3 unspecified atom stereocenters. The minimum absolute atomic E-state index is 0.258. The second-order valence-electron chi connectivity index (χ2n) is 5.15. The van der Waals surface area contributed by atoms with Crippen LogP contribution in [0.15, 0.2) is 0 Å². The minimum Gasteiger partial charge on any atom is -0.368 e. The molecule has 0 spiro atoms. The van der Waals surface area contributed by atoms with E-state index in [1.165, 1.54) is 25.7 Å². The number of primary amides is 1. The fraction of sp³-hybridized carbons (Fsp3) is 0.917. The predicted octanol–water partition coefficient (Wildman–Crippen LogP) is 1.76. The van der Waals surface area contributed by atoms with Gasteiger partial charge in [0.25, 0.3) is 0 Å². The van der Waals surface area contributed by atoms with Gasteiger partial charge in [-0.15, -0.1) is 0 Å². The molecule has 4 heteroatoms. The number of hydrogen-bond acceptors (Lipinski definition) is 3. The fourth-order valence-electron chi connectivity index (χ4n) is 2.08. The van der Waals surface area contributed by atoms with Crippen LogP contribution in [0.1, 0.15) is 39.5 Å². The van der Waals surface area contributed by atoms with E-state index in [0.29, 0.717) is 5.25 Å². The molecule has 1 fully saturated rings. The highest BCUT2D eigenvalue weighted by Gasteiger charge is 2.31. The van der Waals surface area contributed by atoms with Crippen LogP contribution < -0.4 is 11.1 Å². The molecule has 94 valence electrons. The number of thioether (sulfide) groups is 1. The van der Waals surface area contributed by atoms with Crippen LogP contribution in [-0.4, -0.2) is 29.5 Å². The van der Waals surface area contributed by atoms with Gasteiger partial charge in [0.1, 0.15) is 5.54 Å². The van der Waals surface area contributed by atoms with Gasteiger partial charge in [0, 0.05) is 11.0 Å². The summed E-state index contributed by atoms with van der Waals surface area (Å²) in [5.74, 6) is 1.35. The molecule has 16 heavy (non-hydrogen) atoms. The summed E-state index contributed by atoms with van der Waals surface area (Å²) in [5.41, 5.74) is 4.85. The van der Waals surface area contributed by atoms with E-state index < -0.39 is 5.54 Å². The molecule has 0 aromatic carbocycles. The van der Waals surface area contributed by atoms with Gasteiger partial charge in [-0.2, -0.15) is 11.8 Å². The fourth-order valence-corrected chi connectivity index (χ4v) is 3.73. The summed E-state index contributed by atoms with van der Waals surface area (Å²) in [6, 6.07) is 0. The Bertz CT molecular complexity index is 247. The Balaban J connectivity index is 2.40. The molecule has 0 radical (unpaired) electrons. The molecule has 0 bridgehead atoms. The number of likely N-dealkylation sites (N-methyl/N-ethyl adjacent to an activating group) is 1. The highest BCUT2D eigenvalue weighted by molar-refractivity contribution is 8.00. The van der Waals surface area contributed by atoms with E-state index >= 15 is 0 Å². The first-order valence-electron chi connectivity index (χ1n) is 6.08. The number of carbonyl (C=O) groups is 1. The van der Waals surface area contributed by atoms with Gasteiger partial charge >= 0.3 is 0 Å². The van der Waals surface area contributed by atoms with Gasteiger partial charge in [-0.3, -0.25) is 4.79 Å². The van der Waals surface area contributed by atoms with Gasteiger partial charge in [-0.1, -0.05) is 19.8 Å². The average molecular weight is 244 g/mol. The van der Waals surface area contributed by atoms with Crippen molar-refractivity contribution >= 4 is 17.7 Å². The van der Waals surface area contributed by atoms with E-state index in [2.05, 4.69) is 12.2 Å². The maximum atomic E-state index is 11.3. The molecular formula is C12H24N2OS. The summed E-state index contributed by atoms with van der Waals surface area (Å²) in [7, 11) is 1.80. The SMILES string of the molecule is CNC(C)(CSC1CCCC(C)C1)C(N)=O. The Morgan fingerprint density at radius 2 is 2.25 bits per heavy atom. The van der Waals surface area contributed by atoms with Crippen LogP contribution in [-0.2, 0) is 4.79 Å². The van der Waals surface area contributed by atoms with E-state index in [9.17, 15) is 4.79 Å². The Hall–Kier alpha value is -0.220. The monoisotopic (exact) mass is 244 g/mol. The second kappa shape index (κ2) is 5.92. The van der Waals surface area contributed by atoms with Crippen LogP contribution in [0.5, 0.6) is 0 Å². The first kappa shape index (κ1) is 13.8. The topological polar surface area (TPSA) is 55.1 Å². The molecule has 3 nitrogen and oxygen atoms in total. The van der Waals surface area contributed by atoms with E-state index in [-0.39, 0.29) is 5.91 Å². The van der Waals surface area contributed by atoms with Crippen molar-refractivity contribution in [1.29, 1.82) is 0 Å². The number of hydrogen-bond donors (Lipinski definition) is 2. The van der Waals surface area contributed by atoms with Crippen LogP contribution >= 0.6 is 11.8 Å². The summed E-state index contributed by atoms with van der Waals surface area (Å²) in [4.78, 5) is 11.3. The number of rotatable bonds is 5. The van der Waals surface area contributed by atoms with Crippen molar-refractivity contribution in [3.8, 4) is 0 Å². The maximum absolute atomic E-state index is 11.3. The third-order valence-electron chi connectivity index (χ3n) is 3.59. The molecule has 1 rings (SSSR count). The van der Waals surface area contributed by atoms with Gasteiger partial charge in [-0.05, 0) is 32.7 Å². The molecule has 0 heterocycles. The number of nitrogens with one attached hydrogen (secondary N) is 1. The molecule has 0 aliphatic heterocycles. The summed E-state index contributed by atoms with van der Waals surface area (Å²) in [6.45, 7) is 4.20. The van der Waals surface area contributed by atoms with Crippen LogP contribution in [0.25, 0.3) is 0 Å². The zero-order valence-electron chi connectivity index (χ0n) is 10.6. The van der Waals surface area contributed by atoms with Crippen LogP contribution in [0.2, 0.25) is 0 Å².